The van der Waals surface area contributed by atoms with Crippen LogP contribution >= 0.6 is 0 Å². The third-order valence-corrected chi connectivity index (χ3v) is 11.1. The van der Waals surface area contributed by atoms with Crippen LogP contribution in [-0.4, -0.2) is 0 Å². The summed E-state index contributed by atoms with van der Waals surface area (Å²) in [6, 6.07) is 74.9. The zero-order chi connectivity index (χ0) is 37.7. The number of ether oxygens (including phenoxy) is 2. The fraction of sp³-hybridized carbons (Fsp3) is 0. The first-order valence-electron chi connectivity index (χ1n) is 19.3. The Bertz CT molecular complexity index is 2800. The molecule has 0 unspecified atom stereocenters. The molecule has 0 saturated carbocycles. The highest BCUT2D eigenvalue weighted by Gasteiger charge is 2.36. The van der Waals surface area contributed by atoms with Crippen LogP contribution in [-0.2, 0) is 0 Å². The maximum Gasteiger partial charge on any atom is 0.156 e. The van der Waals surface area contributed by atoms with Gasteiger partial charge in [-0.25, -0.2) is 0 Å². The monoisotopic (exact) mass is 729 g/mol. The predicted molar refractivity (Wildman–Crippen MR) is 234 cm³/mol. The highest BCUT2D eigenvalue weighted by molar-refractivity contribution is 5.98. The van der Waals surface area contributed by atoms with Crippen molar-refractivity contribution >= 4 is 17.1 Å². The van der Waals surface area contributed by atoms with Crippen molar-refractivity contribution in [1.82, 2.24) is 0 Å². The Morgan fingerprint density at radius 3 is 0.912 bits per heavy atom. The largest absolute Gasteiger partial charge is 0.453 e. The lowest BCUT2D eigenvalue weighted by molar-refractivity contribution is 0.446. The van der Waals surface area contributed by atoms with Gasteiger partial charge in [-0.2, -0.15) is 0 Å². The predicted octanol–water partition coefficient (Wildman–Crippen LogP) is 15.4. The molecule has 11 rings (SSSR count). The molecule has 3 heteroatoms. The first-order chi connectivity index (χ1) is 28.3. The average molecular weight is 730 g/mol. The number of hydrogen-bond donors (Lipinski definition) is 0. The van der Waals surface area contributed by atoms with Gasteiger partial charge in [0.25, 0.3) is 0 Å². The maximum atomic E-state index is 6.99. The summed E-state index contributed by atoms with van der Waals surface area (Å²) in [7, 11) is 0. The molecule has 2 aliphatic rings. The molecule has 2 aliphatic heterocycles. The van der Waals surface area contributed by atoms with Gasteiger partial charge in [0, 0.05) is 0 Å². The van der Waals surface area contributed by atoms with Gasteiger partial charge in [0.2, 0.25) is 0 Å². The SMILES string of the molecule is c1ccc(-c2ccccc2-c2ccc3c(c2)Oc2cc(-c4ccccc4-c4ccccc4)cc4c2N3c2ccc(-c3ccccc3-c3ccccc3)cc2O4)cc1. The van der Waals surface area contributed by atoms with Crippen LogP contribution in [0.15, 0.2) is 212 Å². The summed E-state index contributed by atoms with van der Waals surface area (Å²) in [6.45, 7) is 0. The lowest BCUT2D eigenvalue weighted by atomic mass is 9.92. The molecule has 0 atom stereocenters. The molecule has 0 radical (unpaired) electrons. The van der Waals surface area contributed by atoms with E-state index in [4.69, 9.17) is 9.47 Å². The Morgan fingerprint density at radius 2 is 0.544 bits per heavy atom. The number of rotatable bonds is 6. The molecule has 0 bridgehead atoms. The van der Waals surface area contributed by atoms with E-state index in [1.54, 1.807) is 0 Å². The van der Waals surface area contributed by atoms with E-state index < -0.39 is 0 Å². The summed E-state index contributed by atoms with van der Waals surface area (Å²) < 4.78 is 14.0. The molecule has 9 aromatic rings. The van der Waals surface area contributed by atoms with E-state index >= 15 is 0 Å². The van der Waals surface area contributed by atoms with Crippen LogP contribution < -0.4 is 14.4 Å². The Kier molecular flexibility index (Phi) is 7.82. The summed E-state index contributed by atoms with van der Waals surface area (Å²) in [5.41, 5.74) is 16.4. The third kappa shape index (κ3) is 5.68. The minimum absolute atomic E-state index is 0.746. The number of benzene rings is 9. The minimum atomic E-state index is 0.746. The Morgan fingerprint density at radius 1 is 0.246 bits per heavy atom. The van der Waals surface area contributed by atoms with Gasteiger partial charge in [0.15, 0.2) is 23.0 Å². The first kappa shape index (κ1) is 32.8. The molecule has 0 fully saturated rings. The molecule has 57 heavy (non-hydrogen) atoms. The molecule has 268 valence electrons. The van der Waals surface area contributed by atoms with E-state index in [0.717, 1.165) is 84.6 Å². The topological polar surface area (TPSA) is 21.7 Å². The van der Waals surface area contributed by atoms with Gasteiger partial charge in [0.1, 0.15) is 5.69 Å². The summed E-state index contributed by atoms with van der Waals surface area (Å²) in [5, 5.41) is 0. The number of nitrogens with zero attached hydrogens (tertiary/aromatic N) is 1. The van der Waals surface area contributed by atoms with Crippen LogP contribution in [0.25, 0.3) is 66.8 Å². The molecule has 0 N–H and O–H groups in total. The van der Waals surface area contributed by atoms with Crippen molar-refractivity contribution in [2.75, 3.05) is 4.90 Å². The molecule has 0 amide bonds. The maximum absolute atomic E-state index is 6.99. The summed E-state index contributed by atoms with van der Waals surface area (Å²) in [6.07, 6.45) is 0. The number of fused-ring (bicyclic) bond motifs is 4. The number of anilines is 3. The molecule has 0 spiro atoms. The van der Waals surface area contributed by atoms with Gasteiger partial charge >= 0.3 is 0 Å². The molecule has 0 aliphatic carbocycles. The summed E-state index contributed by atoms with van der Waals surface area (Å²) in [5.74, 6) is 3.06. The van der Waals surface area contributed by atoms with Crippen LogP contribution in [0.2, 0.25) is 0 Å². The van der Waals surface area contributed by atoms with Gasteiger partial charge in [-0.1, -0.05) is 176 Å². The lowest BCUT2D eigenvalue weighted by Gasteiger charge is -2.38. The smallest absolute Gasteiger partial charge is 0.156 e. The van der Waals surface area contributed by atoms with Crippen molar-refractivity contribution in [3.63, 3.8) is 0 Å². The molecular formula is C54H35NO2. The molecule has 3 nitrogen and oxygen atoms in total. The van der Waals surface area contributed by atoms with Crippen molar-refractivity contribution < 1.29 is 9.47 Å². The van der Waals surface area contributed by atoms with Gasteiger partial charge < -0.3 is 9.47 Å². The third-order valence-electron chi connectivity index (χ3n) is 11.1. The van der Waals surface area contributed by atoms with Gasteiger partial charge in [-0.15, -0.1) is 0 Å². The fourth-order valence-electron chi connectivity index (χ4n) is 8.43. The van der Waals surface area contributed by atoms with Crippen LogP contribution in [0.3, 0.4) is 0 Å². The van der Waals surface area contributed by atoms with E-state index in [-0.39, 0.29) is 0 Å². The minimum Gasteiger partial charge on any atom is -0.453 e. The van der Waals surface area contributed by atoms with E-state index in [1.807, 2.05) is 0 Å². The van der Waals surface area contributed by atoms with Crippen molar-refractivity contribution in [3.05, 3.63) is 212 Å². The Balaban J connectivity index is 1.09. The zero-order valence-corrected chi connectivity index (χ0v) is 31.0. The second kappa shape index (κ2) is 13.6. The van der Waals surface area contributed by atoms with E-state index in [2.05, 4.69) is 217 Å². The standard InChI is InChI=1S/C54H35NO2/c1-4-16-36(17-5-1)42-22-10-13-25-45(42)39-28-30-48-50(32-39)56-52-34-41(47-27-15-12-24-44(47)38-20-8-3-9-21-38)35-53-54(52)55(48)49-31-29-40(33-51(49)57-53)46-26-14-11-23-43(46)37-18-6-2-7-19-37/h1-35H. The van der Waals surface area contributed by atoms with Crippen molar-refractivity contribution in [2.24, 2.45) is 0 Å². The molecule has 0 saturated heterocycles. The normalized spacial score (nSPS) is 12.1. The van der Waals surface area contributed by atoms with Crippen LogP contribution in [0.5, 0.6) is 23.0 Å². The van der Waals surface area contributed by atoms with Crippen LogP contribution in [0.4, 0.5) is 17.1 Å². The fourth-order valence-corrected chi connectivity index (χ4v) is 8.43. The van der Waals surface area contributed by atoms with Crippen molar-refractivity contribution in [3.8, 4) is 89.8 Å². The van der Waals surface area contributed by atoms with Crippen molar-refractivity contribution in [1.29, 1.82) is 0 Å². The molecular weight excluding hydrogens is 695 g/mol. The van der Waals surface area contributed by atoms with Gasteiger partial charge in [-0.05, 0) is 103 Å². The van der Waals surface area contributed by atoms with E-state index in [1.165, 1.54) is 22.3 Å². The lowest BCUT2D eigenvalue weighted by Crippen LogP contribution is -2.20. The quantitative estimate of drug-likeness (QED) is 0.170. The van der Waals surface area contributed by atoms with E-state index in [0.29, 0.717) is 0 Å². The Hall–Kier alpha value is -7.62. The molecule has 2 heterocycles. The highest BCUT2D eigenvalue weighted by atomic mass is 16.5. The number of hydrogen-bond acceptors (Lipinski definition) is 3. The molecule has 9 aromatic carbocycles. The molecule has 0 aromatic heterocycles. The first-order valence-corrected chi connectivity index (χ1v) is 19.3. The van der Waals surface area contributed by atoms with Gasteiger partial charge in [0.05, 0.1) is 11.4 Å². The zero-order valence-electron chi connectivity index (χ0n) is 31.0. The average Bonchev–Trinajstić information content (AvgIpc) is 3.29. The van der Waals surface area contributed by atoms with Crippen LogP contribution in [0, 0.1) is 0 Å². The van der Waals surface area contributed by atoms with E-state index in [9.17, 15) is 0 Å². The van der Waals surface area contributed by atoms with Gasteiger partial charge in [-0.3, -0.25) is 4.90 Å². The Labute approximate surface area is 332 Å². The van der Waals surface area contributed by atoms with Crippen LogP contribution in [0.1, 0.15) is 0 Å². The summed E-state index contributed by atoms with van der Waals surface area (Å²) >= 11 is 0. The summed E-state index contributed by atoms with van der Waals surface area (Å²) in [4.78, 5) is 2.31. The highest BCUT2D eigenvalue weighted by Crippen LogP contribution is 2.61. The second-order valence-electron chi connectivity index (χ2n) is 14.5. The second-order valence-corrected chi connectivity index (χ2v) is 14.5. The van der Waals surface area contributed by atoms with Crippen molar-refractivity contribution in [2.45, 2.75) is 0 Å².